The van der Waals surface area contributed by atoms with Crippen LogP contribution in [0.5, 0.6) is 5.75 Å². The number of hydrogen-bond donors (Lipinski definition) is 1. The van der Waals surface area contributed by atoms with E-state index in [9.17, 15) is 0 Å². The molecule has 4 heteroatoms. The van der Waals surface area contributed by atoms with E-state index >= 15 is 0 Å². The smallest absolute Gasteiger partial charge is 0.122 e. The van der Waals surface area contributed by atoms with Crippen molar-refractivity contribution in [2.45, 2.75) is 31.6 Å². The van der Waals surface area contributed by atoms with Crippen LogP contribution in [0.2, 0.25) is 0 Å². The number of methoxy groups -OCH3 is 1. The van der Waals surface area contributed by atoms with Crippen LogP contribution < -0.4 is 10.1 Å². The van der Waals surface area contributed by atoms with E-state index in [1.165, 1.54) is 28.4 Å². The fraction of sp³-hybridized carbons (Fsp3) is 0.625. The van der Waals surface area contributed by atoms with Gasteiger partial charge in [0, 0.05) is 28.6 Å². The fourth-order valence-electron chi connectivity index (χ4n) is 2.64. The number of aryl methyl sites for hydroxylation is 1. The van der Waals surface area contributed by atoms with Gasteiger partial charge in [0.1, 0.15) is 5.75 Å². The van der Waals surface area contributed by atoms with E-state index < -0.39 is 0 Å². The second-order valence-corrected chi connectivity index (χ2v) is 7.66. The molecular weight excluding hydrogens is 286 g/mol. The van der Waals surface area contributed by atoms with Crippen molar-refractivity contribution in [3.8, 4) is 5.75 Å². The Morgan fingerprint density at radius 1 is 1.40 bits per heavy atom. The van der Waals surface area contributed by atoms with Crippen molar-refractivity contribution >= 4 is 23.5 Å². The molecular formula is C16H25NOS2. The first-order valence-corrected chi connectivity index (χ1v) is 9.51. The van der Waals surface area contributed by atoms with Crippen molar-refractivity contribution in [3.05, 3.63) is 29.3 Å². The Hall–Kier alpha value is -0.320. The number of hydrogen-bond acceptors (Lipinski definition) is 4. The summed E-state index contributed by atoms with van der Waals surface area (Å²) < 4.78 is 5.53. The highest BCUT2D eigenvalue weighted by Crippen LogP contribution is 2.30. The number of thioether (sulfide) groups is 2. The lowest BCUT2D eigenvalue weighted by Gasteiger charge is -2.30. The molecule has 2 rings (SSSR count). The van der Waals surface area contributed by atoms with Gasteiger partial charge in [-0.1, -0.05) is 24.6 Å². The summed E-state index contributed by atoms with van der Waals surface area (Å²) in [4.78, 5) is 0. The molecule has 1 aromatic carbocycles. The van der Waals surface area contributed by atoms with Crippen molar-refractivity contribution in [1.82, 2.24) is 5.32 Å². The molecule has 0 aliphatic carbocycles. The maximum Gasteiger partial charge on any atom is 0.122 e. The molecule has 2 nitrogen and oxygen atoms in total. The Morgan fingerprint density at radius 2 is 2.25 bits per heavy atom. The minimum Gasteiger partial charge on any atom is -0.496 e. The second kappa shape index (κ2) is 8.20. The van der Waals surface area contributed by atoms with E-state index in [0.717, 1.165) is 18.7 Å². The Morgan fingerprint density at radius 3 is 2.90 bits per heavy atom. The molecule has 1 aliphatic rings. The third-order valence-electron chi connectivity index (χ3n) is 3.63. The first-order valence-electron chi connectivity index (χ1n) is 7.30. The lowest BCUT2D eigenvalue weighted by Crippen LogP contribution is -2.42. The van der Waals surface area contributed by atoms with Gasteiger partial charge in [0.2, 0.25) is 0 Å². The minimum atomic E-state index is 0.536. The van der Waals surface area contributed by atoms with Crippen LogP contribution in [0.4, 0.5) is 0 Å². The Kier molecular flexibility index (Phi) is 6.59. The average Bonchev–Trinajstić information content (AvgIpc) is 2.48. The Bertz CT molecular complexity index is 419. The molecule has 0 radical (unpaired) electrons. The zero-order chi connectivity index (χ0) is 14.4. The van der Waals surface area contributed by atoms with Crippen molar-refractivity contribution < 1.29 is 4.74 Å². The van der Waals surface area contributed by atoms with Gasteiger partial charge < -0.3 is 10.1 Å². The molecule has 0 amide bonds. The molecule has 1 aliphatic heterocycles. The summed E-state index contributed by atoms with van der Waals surface area (Å²) in [5.74, 6) is 4.86. The molecule has 20 heavy (non-hydrogen) atoms. The van der Waals surface area contributed by atoms with Crippen molar-refractivity contribution in [1.29, 1.82) is 0 Å². The molecule has 0 bridgehead atoms. The van der Waals surface area contributed by atoms with Gasteiger partial charge >= 0.3 is 0 Å². The molecule has 2 atom stereocenters. The van der Waals surface area contributed by atoms with Crippen LogP contribution in [0.3, 0.4) is 0 Å². The van der Waals surface area contributed by atoms with E-state index in [0.29, 0.717) is 11.3 Å². The zero-order valence-corrected chi connectivity index (χ0v) is 14.3. The van der Waals surface area contributed by atoms with E-state index in [1.807, 2.05) is 0 Å². The van der Waals surface area contributed by atoms with Crippen molar-refractivity contribution in [3.63, 3.8) is 0 Å². The van der Waals surface area contributed by atoms with Crippen LogP contribution in [0.15, 0.2) is 18.2 Å². The van der Waals surface area contributed by atoms with E-state index in [1.54, 1.807) is 7.11 Å². The largest absolute Gasteiger partial charge is 0.496 e. The summed E-state index contributed by atoms with van der Waals surface area (Å²) in [7, 11) is 1.77. The maximum atomic E-state index is 5.53. The highest BCUT2D eigenvalue weighted by atomic mass is 32.2. The monoisotopic (exact) mass is 311 g/mol. The fourth-order valence-corrected chi connectivity index (χ4v) is 5.53. The van der Waals surface area contributed by atoms with Crippen LogP contribution in [0, 0.1) is 6.92 Å². The zero-order valence-electron chi connectivity index (χ0n) is 12.6. The molecule has 0 spiro atoms. The van der Waals surface area contributed by atoms with Crippen LogP contribution in [-0.2, 0) is 6.42 Å². The minimum absolute atomic E-state index is 0.536. The summed E-state index contributed by atoms with van der Waals surface area (Å²) >= 11 is 4.21. The molecule has 1 heterocycles. The van der Waals surface area contributed by atoms with Gasteiger partial charge in [-0.2, -0.15) is 23.5 Å². The second-order valence-electron chi connectivity index (χ2n) is 5.17. The van der Waals surface area contributed by atoms with Gasteiger partial charge in [0.05, 0.1) is 7.11 Å². The quantitative estimate of drug-likeness (QED) is 0.869. The summed E-state index contributed by atoms with van der Waals surface area (Å²) in [5.41, 5.74) is 2.64. The van der Waals surface area contributed by atoms with Crippen molar-refractivity contribution in [2.75, 3.05) is 30.9 Å². The predicted octanol–water partition coefficient (Wildman–Crippen LogP) is 3.37. The van der Waals surface area contributed by atoms with Crippen LogP contribution in [0.25, 0.3) is 0 Å². The third kappa shape index (κ3) is 4.34. The SMILES string of the molecule is CCNC(Cc1cc(C)ccc1OC)C1CSCCS1. The lowest BCUT2D eigenvalue weighted by atomic mass is 10.0. The van der Waals surface area contributed by atoms with Crippen LogP contribution in [0.1, 0.15) is 18.1 Å². The lowest BCUT2D eigenvalue weighted by molar-refractivity contribution is 0.404. The summed E-state index contributed by atoms with van der Waals surface area (Å²) in [6.45, 7) is 5.37. The Labute approximate surface area is 131 Å². The number of ether oxygens (including phenoxy) is 1. The highest BCUT2D eigenvalue weighted by molar-refractivity contribution is 8.06. The van der Waals surface area contributed by atoms with Crippen molar-refractivity contribution in [2.24, 2.45) is 0 Å². The van der Waals surface area contributed by atoms with Gasteiger partial charge in [-0.3, -0.25) is 0 Å². The third-order valence-corrected chi connectivity index (χ3v) is 6.55. The number of rotatable bonds is 6. The number of nitrogens with one attached hydrogen (secondary N) is 1. The molecule has 1 saturated heterocycles. The summed E-state index contributed by atoms with van der Waals surface area (Å²) in [5, 5.41) is 4.39. The number of benzene rings is 1. The first kappa shape index (κ1) is 16.1. The van der Waals surface area contributed by atoms with E-state index in [-0.39, 0.29) is 0 Å². The molecule has 0 aromatic heterocycles. The molecule has 0 saturated carbocycles. The molecule has 2 unspecified atom stereocenters. The number of likely N-dealkylation sites (N-methyl/N-ethyl adjacent to an activating group) is 1. The molecule has 112 valence electrons. The first-order chi connectivity index (χ1) is 9.74. The topological polar surface area (TPSA) is 21.3 Å². The predicted molar refractivity (Wildman–Crippen MR) is 92.5 cm³/mol. The Balaban J connectivity index is 2.12. The van der Waals surface area contributed by atoms with Crippen LogP contribution >= 0.6 is 23.5 Å². The standard InChI is InChI=1S/C16H25NOS2/c1-4-17-14(16-11-19-7-8-20-16)10-13-9-12(2)5-6-15(13)18-3/h5-6,9,14,16-17H,4,7-8,10-11H2,1-3H3. The van der Waals surface area contributed by atoms with E-state index in [2.05, 4.69) is 60.9 Å². The van der Waals surface area contributed by atoms with Gasteiger partial charge in [-0.15, -0.1) is 0 Å². The summed E-state index contributed by atoms with van der Waals surface area (Å²) in [6, 6.07) is 7.02. The summed E-state index contributed by atoms with van der Waals surface area (Å²) in [6.07, 6.45) is 1.05. The van der Waals surface area contributed by atoms with Gasteiger partial charge in [0.25, 0.3) is 0 Å². The van der Waals surface area contributed by atoms with E-state index in [4.69, 9.17) is 4.74 Å². The average molecular weight is 312 g/mol. The van der Waals surface area contributed by atoms with Gasteiger partial charge in [0.15, 0.2) is 0 Å². The van der Waals surface area contributed by atoms with Gasteiger partial charge in [-0.05, 0) is 31.5 Å². The maximum absolute atomic E-state index is 5.53. The molecule has 1 fully saturated rings. The molecule has 1 N–H and O–H groups in total. The normalized spacial score (nSPS) is 20.6. The highest BCUT2D eigenvalue weighted by Gasteiger charge is 2.25. The van der Waals surface area contributed by atoms with Crippen LogP contribution in [-0.4, -0.2) is 42.2 Å². The van der Waals surface area contributed by atoms with Gasteiger partial charge in [-0.25, -0.2) is 0 Å². The molecule has 1 aromatic rings.